The summed E-state index contributed by atoms with van der Waals surface area (Å²) >= 11 is 0. The molecule has 1 N–H and O–H groups in total. The molecular weight excluding hydrogens is 209 g/mol. The van der Waals surface area contributed by atoms with Crippen LogP contribution in [0.2, 0.25) is 0 Å². The number of hydrogen-bond donors (Lipinski definition) is 1. The standard InChI is InChI=1S/C12H16FNO2/c1-3-16-12(15)8-11(14-2)9-6-4-5-7-10(9)13/h4-7,11,14H,3,8H2,1-2H3. The van der Waals surface area contributed by atoms with Crippen molar-refractivity contribution < 1.29 is 13.9 Å². The van der Waals surface area contributed by atoms with Gasteiger partial charge in [-0.25, -0.2) is 4.39 Å². The zero-order valence-corrected chi connectivity index (χ0v) is 9.50. The Morgan fingerprint density at radius 1 is 1.50 bits per heavy atom. The van der Waals surface area contributed by atoms with Crippen LogP contribution in [0.25, 0.3) is 0 Å². The first kappa shape index (κ1) is 12.6. The average Bonchev–Trinajstić information content (AvgIpc) is 2.27. The molecule has 1 rings (SSSR count). The van der Waals surface area contributed by atoms with E-state index in [2.05, 4.69) is 5.32 Å². The van der Waals surface area contributed by atoms with Gasteiger partial charge in [0.1, 0.15) is 5.82 Å². The van der Waals surface area contributed by atoms with Gasteiger partial charge in [0.05, 0.1) is 13.0 Å². The van der Waals surface area contributed by atoms with Gasteiger partial charge in [-0.15, -0.1) is 0 Å². The normalized spacial score (nSPS) is 12.2. The van der Waals surface area contributed by atoms with Crippen molar-refractivity contribution >= 4 is 5.97 Å². The molecule has 0 saturated heterocycles. The van der Waals surface area contributed by atoms with Crippen molar-refractivity contribution in [2.24, 2.45) is 0 Å². The fourth-order valence-corrected chi connectivity index (χ4v) is 1.51. The molecule has 0 aliphatic heterocycles. The summed E-state index contributed by atoms with van der Waals surface area (Å²) in [6.45, 7) is 2.09. The smallest absolute Gasteiger partial charge is 0.307 e. The van der Waals surface area contributed by atoms with Crippen molar-refractivity contribution in [3.8, 4) is 0 Å². The molecule has 1 atom stereocenters. The first-order valence-corrected chi connectivity index (χ1v) is 5.26. The van der Waals surface area contributed by atoms with E-state index in [0.29, 0.717) is 12.2 Å². The van der Waals surface area contributed by atoms with Crippen LogP contribution >= 0.6 is 0 Å². The van der Waals surface area contributed by atoms with E-state index in [9.17, 15) is 9.18 Å². The average molecular weight is 225 g/mol. The van der Waals surface area contributed by atoms with Crippen LogP contribution in [0, 0.1) is 5.82 Å². The molecule has 0 aromatic heterocycles. The van der Waals surface area contributed by atoms with Gasteiger partial charge in [0.15, 0.2) is 0 Å². The minimum absolute atomic E-state index is 0.130. The maximum atomic E-state index is 13.5. The fourth-order valence-electron chi connectivity index (χ4n) is 1.51. The summed E-state index contributed by atoms with van der Waals surface area (Å²) < 4.78 is 18.3. The Morgan fingerprint density at radius 3 is 2.75 bits per heavy atom. The van der Waals surface area contributed by atoms with Gasteiger partial charge in [-0.2, -0.15) is 0 Å². The molecule has 88 valence electrons. The molecular formula is C12H16FNO2. The van der Waals surface area contributed by atoms with Crippen LogP contribution in [-0.2, 0) is 9.53 Å². The predicted molar refractivity (Wildman–Crippen MR) is 59.5 cm³/mol. The Balaban J connectivity index is 2.75. The molecule has 1 aromatic rings. The second-order valence-electron chi connectivity index (χ2n) is 3.37. The van der Waals surface area contributed by atoms with E-state index >= 15 is 0 Å². The van der Waals surface area contributed by atoms with Crippen LogP contribution in [0.3, 0.4) is 0 Å². The van der Waals surface area contributed by atoms with Crippen LogP contribution in [-0.4, -0.2) is 19.6 Å². The van der Waals surface area contributed by atoms with Gasteiger partial charge in [0.25, 0.3) is 0 Å². The lowest BCUT2D eigenvalue weighted by atomic mass is 10.0. The van der Waals surface area contributed by atoms with Crippen molar-refractivity contribution in [1.29, 1.82) is 0 Å². The fraction of sp³-hybridized carbons (Fsp3) is 0.417. The summed E-state index contributed by atoms with van der Waals surface area (Å²) in [6, 6.07) is 6.06. The zero-order valence-electron chi connectivity index (χ0n) is 9.50. The van der Waals surface area contributed by atoms with Crippen LogP contribution < -0.4 is 5.32 Å². The van der Waals surface area contributed by atoms with Crippen molar-refractivity contribution in [2.75, 3.05) is 13.7 Å². The van der Waals surface area contributed by atoms with E-state index in [4.69, 9.17) is 4.74 Å². The highest BCUT2D eigenvalue weighted by Crippen LogP contribution is 2.19. The minimum Gasteiger partial charge on any atom is -0.466 e. The number of halogens is 1. The summed E-state index contributed by atoms with van der Waals surface area (Å²) in [6.07, 6.45) is 0.130. The van der Waals surface area contributed by atoms with Gasteiger partial charge in [0, 0.05) is 11.6 Å². The van der Waals surface area contributed by atoms with E-state index in [1.807, 2.05) is 0 Å². The molecule has 0 bridgehead atoms. The Labute approximate surface area is 94.6 Å². The van der Waals surface area contributed by atoms with Crippen molar-refractivity contribution in [3.05, 3.63) is 35.6 Å². The molecule has 0 aliphatic rings. The number of benzene rings is 1. The second kappa shape index (κ2) is 6.23. The Morgan fingerprint density at radius 2 is 2.19 bits per heavy atom. The SMILES string of the molecule is CCOC(=O)CC(NC)c1ccccc1F. The monoisotopic (exact) mass is 225 g/mol. The molecule has 0 radical (unpaired) electrons. The first-order chi connectivity index (χ1) is 7.69. The van der Waals surface area contributed by atoms with Gasteiger partial charge in [-0.1, -0.05) is 18.2 Å². The number of hydrogen-bond acceptors (Lipinski definition) is 3. The van der Waals surface area contributed by atoms with E-state index in [1.165, 1.54) is 6.07 Å². The topological polar surface area (TPSA) is 38.3 Å². The minimum atomic E-state index is -0.347. The summed E-state index contributed by atoms with van der Waals surface area (Å²) in [4.78, 5) is 11.3. The molecule has 16 heavy (non-hydrogen) atoms. The Hall–Kier alpha value is -1.42. The third kappa shape index (κ3) is 3.31. The van der Waals surface area contributed by atoms with Gasteiger partial charge in [-0.3, -0.25) is 4.79 Å². The molecule has 0 aliphatic carbocycles. The predicted octanol–water partition coefficient (Wildman–Crippen LogP) is 2.04. The van der Waals surface area contributed by atoms with E-state index in [1.54, 1.807) is 32.2 Å². The molecule has 0 fully saturated rings. The molecule has 0 spiro atoms. The van der Waals surface area contributed by atoms with Crippen LogP contribution in [0.4, 0.5) is 4.39 Å². The van der Waals surface area contributed by atoms with Crippen LogP contribution in [0.5, 0.6) is 0 Å². The van der Waals surface area contributed by atoms with Crippen molar-refractivity contribution in [1.82, 2.24) is 5.32 Å². The highest BCUT2D eigenvalue weighted by Gasteiger charge is 2.17. The number of esters is 1. The lowest BCUT2D eigenvalue weighted by Gasteiger charge is -2.16. The van der Waals surface area contributed by atoms with Gasteiger partial charge in [-0.05, 0) is 20.0 Å². The molecule has 1 unspecified atom stereocenters. The molecule has 0 saturated carbocycles. The van der Waals surface area contributed by atoms with Crippen molar-refractivity contribution in [2.45, 2.75) is 19.4 Å². The third-order valence-electron chi connectivity index (χ3n) is 2.31. The molecule has 0 amide bonds. The second-order valence-corrected chi connectivity index (χ2v) is 3.37. The number of nitrogens with one attached hydrogen (secondary N) is 1. The molecule has 4 heteroatoms. The van der Waals surface area contributed by atoms with Crippen LogP contribution in [0.1, 0.15) is 24.9 Å². The van der Waals surface area contributed by atoms with E-state index in [-0.39, 0.29) is 24.2 Å². The molecule has 1 aromatic carbocycles. The largest absolute Gasteiger partial charge is 0.466 e. The summed E-state index contributed by atoms with van der Waals surface area (Å²) in [5, 5.41) is 2.91. The van der Waals surface area contributed by atoms with Crippen LogP contribution in [0.15, 0.2) is 24.3 Å². The number of rotatable bonds is 5. The van der Waals surface area contributed by atoms with Crippen molar-refractivity contribution in [3.63, 3.8) is 0 Å². The maximum absolute atomic E-state index is 13.5. The lowest BCUT2D eigenvalue weighted by molar-refractivity contribution is -0.143. The van der Waals surface area contributed by atoms with Gasteiger partial charge < -0.3 is 10.1 Å². The summed E-state index contributed by atoms with van der Waals surface area (Å²) in [7, 11) is 1.69. The maximum Gasteiger partial charge on any atom is 0.307 e. The molecule has 3 nitrogen and oxygen atoms in total. The Bertz CT molecular complexity index is 355. The number of carbonyl (C=O) groups is 1. The summed E-state index contributed by atoms with van der Waals surface area (Å²) in [5.74, 6) is -0.642. The number of ether oxygens (including phenoxy) is 1. The first-order valence-electron chi connectivity index (χ1n) is 5.26. The highest BCUT2D eigenvalue weighted by molar-refractivity contribution is 5.70. The van der Waals surface area contributed by atoms with Gasteiger partial charge in [0.2, 0.25) is 0 Å². The number of carbonyl (C=O) groups excluding carboxylic acids is 1. The lowest BCUT2D eigenvalue weighted by Crippen LogP contribution is -2.22. The van der Waals surface area contributed by atoms with E-state index < -0.39 is 0 Å². The third-order valence-corrected chi connectivity index (χ3v) is 2.31. The summed E-state index contributed by atoms with van der Waals surface area (Å²) in [5.41, 5.74) is 0.484. The van der Waals surface area contributed by atoms with E-state index in [0.717, 1.165) is 0 Å². The molecule has 0 heterocycles. The highest BCUT2D eigenvalue weighted by atomic mass is 19.1. The quantitative estimate of drug-likeness (QED) is 0.779. The Kier molecular flexibility index (Phi) is 4.92. The zero-order chi connectivity index (χ0) is 12.0. The van der Waals surface area contributed by atoms with Gasteiger partial charge >= 0.3 is 5.97 Å².